The molecule has 0 bridgehead atoms. The van der Waals surface area contributed by atoms with Gasteiger partial charge in [0, 0.05) is 22.6 Å². The number of nitrogens with zero attached hydrogens (tertiary/aromatic N) is 2. The minimum atomic E-state index is -4.27. The van der Waals surface area contributed by atoms with Crippen molar-refractivity contribution in [3.05, 3.63) is 63.7 Å². The molecular weight excluding hydrogens is 328 g/mol. The van der Waals surface area contributed by atoms with E-state index < -0.39 is 19.8 Å². The first-order valence-electron chi connectivity index (χ1n) is 6.62. The van der Waals surface area contributed by atoms with Crippen molar-refractivity contribution in [3.63, 3.8) is 0 Å². The maximum atomic E-state index is 12.9. The van der Waals surface area contributed by atoms with E-state index >= 15 is 0 Å². The summed E-state index contributed by atoms with van der Waals surface area (Å²) < 4.78 is 26.9. The number of halogens is 1. The summed E-state index contributed by atoms with van der Waals surface area (Å²) in [5, 5.41) is 11.8. The molecule has 1 atom stereocenters. The van der Waals surface area contributed by atoms with Crippen LogP contribution in [0.1, 0.15) is 13.3 Å². The fourth-order valence-electron chi connectivity index (χ4n) is 2.29. The molecule has 0 heterocycles. The Morgan fingerprint density at radius 1 is 1.36 bits per heavy atom. The summed E-state index contributed by atoms with van der Waals surface area (Å²) in [6.07, 6.45) is 3.35. The summed E-state index contributed by atoms with van der Waals surface area (Å²) in [7, 11) is -4.27. The van der Waals surface area contributed by atoms with Crippen LogP contribution in [0.3, 0.4) is 0 Å². The smallest absolute Gasteiger partial charge is 0.264 e. The van der Waals surface area contributed by atoms with Crippen molar-refractivity contribution in [3.8, 4) is 0 Å². The Balaban J connectivity index is 2.55. The molecule has 0 aliphatic heterocycles. The van der Waals surface area contributed by atoms with Crippen LogP contribution in [0, 0.1) is 10.1 Å². The lowest BCUT2D eigenvalue weighted by atomic mass is 10.1. The fourth-order valence-corrected chi connectivity index (χ4v) is 4.27. The van der Waals surface area contributed by atoms with E-state index in [1.54, 1.807) is 37.3 Å². The summed E-state index contributed by atoms with van der Waals surface area (Å²) in [6, 6.07) is 8.31. The van der Waals surface area contributed by atoms with Crippen LogP contribution in [0.5, 0.6) is 0 Å². The van der Waals surface area contributed by atoms with Crippen LogP contribution in [0.2, 0.25) is 0 Å². The van der Waals surface area contributed by atoms with Crippen molar-refractivity contribution >= 4 is 27.3 Å². The third-order valence-corrected chi connectivity index (χ3v) is 6.14. The molecule has 6 nitrogen and oxygen atoms in total. The molecule has 0 radical (unpaired) electrons. The molecule has 1 aliphatic rings. The largest absolute Gasteiger partial charge is 0.359 e. The van der Waals surface area contributed by atoms with Gasteiger partial charge in [-0.1, -0.05) is 35.9 Å². The Morgan fingerprint density at radius 3 is 2.45 bits per heavy atom. The number of allylic oxidation sites excluding steroid dienone is 2. The van der Waals surface area contributed by atoms with Crippen LogP contribution < -0.4 is 4.31 Å². The Hall–Kier alpha value is -1.86. The number of hydrogen-bond donors (Lipinski definition) is 0. The highest BCUT2D eigenvalue weighted by Gasteiger charge is 2.56. The SMILES string of the molecule is CCN(c1ccccc1)S(=O)(=O)C1([N+](=O)[O-])C=CC(Cl)=CC1. The molecule has 118 valence electrons. The maximum Gasteiger partial charge on any atom is 0.359 e. The van der Waals surface area contributed by atoms with Gasteiger partial charge in [0.15, 0.2) is 0 Å². The quantitative estimate of drug-likeness (QED) is 0.608. The van der Waals surface area contributed by atoms with Gasteiger partial charge in [-0.15, -0.1) is 0 Å². The molecule has 0 saturated carbocycles. The summed E-state index contributed by atoms with van der Waals surface area (Å²) in [5.74, 6) is 0. The van der Waals surface area contributed by atoms with Crippen LogP contribution in [-0.4, -0.2) is 24.8 Å². The molecule has 2 rings (SSSR count). The van der Waals surface area contributed by atoms with Crippen LogP contribution >= 0.6 is 11.6 Å². The first kappa shape index (κ1) is 16.5. The van der Waals surface area contributed by atoms with E-state index in [0.29, 0.717) is 5.69 Å². The Morgan fingerprint density at radius 2 is 2.00 bits per heavy atom. The van der Waals surface area contributed by atoms with Gasteiger partial charge >= 0.3 is 14.9 Å². The van der Waals surface area contributed by atoms with Crippen molar-refractivity contribution < 1.29 is 13.3 Å². The minimum absolute atomic E-state index is 0.0905. The Bertz CT molecular complexity index is 730. The molecule has 0 aromatic heterocycles. The molecule has 1 unspecified atom stereocenters. The van der Waals surface area contributed by atoms with E-state index in [0.717, 1.165) is 10.4 Å². The second-order valence-electron chi connectivity index (χ2n) is 4.73. The van der Waals surface area contributed by atoms with Gasteiger partial charge < -0.3 is 0 Å². The molecule has 0 N–H and O–H groups in total. The highest BCUT2D eigenvalue weighted by Crippen LogP contribution is 2.35. The number of benzene rings is 1. The van der Waals surface area contributed by atoms with Crippen molar-refractivity contribution in [2.75, 3.05) is 10.8 Å². The average Bonchev–Trinajstić information content (AvgIpc) is 2.49. The first-order valence-corrected chi connectivity index (χ1v) is 8.43. The average molecular weight is 343 g/mol. The second-order valence-corrected chi connectivity index (χ2v) is 7.27. The molecule has 1 aromatic carbocycles. The summed E-state index contributed by atoms with van der Waals surface area (Å²) in [6.45, 7) is 1.72. The van der Waals surface area contributed by atoms with Crippen molar-refractivity contribution in [1.29, 1.82) is 0 Å². The predicted octanol–water partition coefficient (Wildman–Crippen LogP) is 2.90. The third-order valence-electron chi connectivity index (χ3n) is 3.47. The van der Waals surface area contributed by atoms with Gasteiger partial charge in [-0.25, -0.2) is 0 Å². The van der Waals surface area contributed by atoms with Gasteiger partial charge in [0.05, 0.1) is 12.1 Å². The van der Waals surface area contributed by atoms with Crippen molar-refractivity contribution in [2.45, 2.75) is 18.2 Å². The van der Waals surface area contributed by atoms with E-state index in [9.17, 15) is 18.5 Å². The molecule has 0 fully saturated rings. The van der Waals surface area contributed by atoms with E-state index in [2.05, 4.69) is 0 Å². The van der Waals surface area contributed by atoms with Crippen molar-refractivity contribution in [2.24, 2.45) is 0 Å². The number of anilines is 1. The van der Waals surface area contributed by atoms with Crippen molar-refractivity contribution in [1.82, 2.24) is 0 Å². The number of hydrogen-bond acceptors (Lipinski definition) is 4. The molecule has 22 heavy (non-hydrogen) atoms. The number of rotatable bonds is 5. The number of para-hydroxylation sites is 1. The lowest BCUT2D eigenvalue weighted by Gasteiger charge is -2.30. The van der Waals surface area contributed by atoms with Gasteiger partial charge in [-0.2, -0.15) is 8.42 Å². The highest BCUT2D eigenvalue weighted by atomic mass is 35.5. The molecule has 8 heteroatoms. The fraction of sp³-hybridized carbons (Fsp3) is 0.286. The van der Waals surface area contributed by atoms with Gasteiger partial charge in [-0.05, 0) is 25.1 Å². The van der Waals surface area contributed by atoms with Crippen LogP contribution in [0.15, 0.2) is 53.6 Å². The third kappa shape index (κ3) is 2.62. The molecule has 0 amide bonds. The standard InChI is InChI=1S/C14H15ClN2O4S/c1-2-16(13-6-4-3-5-7-13)22(20,21)14(17(18)19)10-8-12(15)9-11-14/h3-10H,2,11H2,1H3. The molecule has 1 aromatic rings. The van der Waals surface area contributed by atoms with Gasteiger partial charge in [0.2, 0.25) is 0 Å². The van der Waals surface area contributed by atoms with Gasteiger partial charge in [0.25, 0.3) is 0 Å². The van der Waals surface area contributed by atoms with Crippen LogP contribution in [-0.2, 0) is 10.0 Å². The topological polar surface area (TPSA) is 80.5 Å². The zero-order valence-corrected chi connectivity index (χ0v) is 13.4. The Kier molecular flexibility index (Phi) is 4.58. The number of nitro groups is 1. The normalized spacial score (nSPS) is 21.3. The predicted molar refractivity (Wildman–Crippen MR) is 85.8 cm³/mol. The number of sulfonamides is 1. The summed E-state index contributed by atoms with van der Waals surface area (Å²) in [4.78, 5) is 8.55. The van der Waals surface area contributed by atoms with Gasteiger partial charge in [-0.3, -0.25) is 14.4 Å². The molecular formula is C14H15ClN2O4S. The molecule has 0 spiro atoms. The molecule has 1 aliphatic carbocycles. The first-order chi connectivity index (χ1) is 10.3. The van der Waals surface area contributed by atoms with Crippen LogP contribution in [0.25, 0.3) is 0 Å². The van der Waals surface area contributed by atoms with E-state index in [-0.39, 0.29) is 18.0 Å². The maximum absolute atomic E-state index is 12.9. The highest BCUT2D eigenvalue weighted by molar-refractivity contribution is 7.94. The zero-order valence-electron chi connectivity index (χ0n) is 11.8. The monoisotopic (exact) mass is 342 g/mol. The zero-order chi connectivity index (χ0) is 16.4. The lowest BCUT2D eigenvalue weighted by molar-refractivity contribution is -0.526. The van der Waals surface area contributed by atoms with Crippen LogP contribution in [0.4, 0.5) is 5.69 Å². The summed E-state index contributed by atoms with van der Waals surface area (Å²) >= 11 is 5.77. The lowest BCUT2D eigenvalue weighted by Crippen LogP contribution is -2.52. The van der Waals surface area contributed by atoms with E-state index in [4.69, 9.17) is 11.6 Å². The second kappa shape index (κ2) is 6.10. The van der Waals surface area contributed by atoms with E-state index in [1.165, 1.54) is 12.2 Å². The van der Waals surface area contributed by atoms with Gasteiger partial charge in [0.1, 0.15) is 0 Å². The molecule has 0 saturated heterocycles. The van der Waals surface area contributed by atoms with E-state index in [1.807, 2.05) is 0 Å². The minimum Gasteiger partial charge on any atom is -0.264 e. The Labute approximate surface area is 133 Å². The summed E-state index contributed by atoms with van der Waals surface area (Å²) in [5.41, 5.74) is 0.389.